The van der Waals surface area contributed by atoms with Crippen LogP contribution in [-0.2, 0) is 12.8 Å². The minimum atomic E-state index is -1.18. The molecule has 0 spiro atoms. The maximum atomic E-state index is 13.6. The molecule has 21 heavy (non-hydrogen) atoms. The third kappa shape index (κ3) is 2.30. The molecule has 0 saturated heterocycles. The second-order valence-electron chi connectivity index (χ2n) is 4.73. The van der Waals surface area contributed by atoms with Crippen molar-refractivity contribution in [2.45, 2.75) is 19.3 Å². The lowest BCUT2D eigenvalue weighted by atomic mass is 10.1. The van der Waals surface area contributed by atoms with Crippen LogP contribution in [0.2, 0.25) is 0 Å². The summed E-state index contributed by atoms with van der Waals surface area (Å²) < 4.78 is 26.8. The first kappa shape index (κ1) is 13.7. The molecular formula is C15H10F2N2OS. The minimum absolute atomic E-state index is 0.368. The lowest BCUT2D eigenvalue weighted by Crippen LogP contribution is -2.14. The van der Waals surface area contributed by atoms with E-state index in [1.54, 1.807) is 0 Å². The number of rotatable bonds is 2. The van der Waals surface area contributed by atoms with E-state index in [1.807, 2.05) is 0 Å². The molecule has 106 valence electrons. The van der Waals surface area contributed by atoms with Crippen molar-refractivity contribution in [3.05, 3.63) is 51.4 Å². The number of thiophene rings is 1. The molecule has 1 amide bonds. The standard InChI is InChI=1S/C15H10F2N2OS/c16-11-5-1-4-9(13(11)17)14(20)19-15-10(7-18)8-3-2-6-12(8)21-15/h1,4-5H,2-3,6H2,(H,19,20). The first-order valence-corrected chi connectivity index (χ1v) is 7.23. The Labute approximate surface area is 123 Å². The Balaban J connectivity index is 1.93. The molecule has 0 bridgehead atoms. The molecule has 1 aromatic heterocycles. The average molecular weight is 304 g/mol. The molecule has 1 N–H and O–H groups in total. The zero-order valence-electron chi connectivity index (χ0n) is 10.9. The van der Waals surface area contributed by atoms with Crippen LogP contribution < -0.4 is 5.32 Å². The largest absolute Gasteiger partial charge is 0.312 e. The van der Waals surface area contributed by atoms with Gasteiger partial charge in [0.25, 0.3) is 5.91 Å². The van der Waals surface area contributed by atoms with Crippen molar-refractivity contribution in [3.63, 3.8) is 0 Å². The summed E-state index contributed by atoms with van der Waals surface area (Å²) in [6, 6.07) is 5.52. The van der Waals surface area contributed by atoms with Crippen LogP contribution in [0.1, 0.15) is 32.8 Å². The molecule has 1 aromatic carbocycles. The first-order valence-electron chi connectivity index (χ1n) is 6.42. The van der Waals surface area contributed by atoms with Crippen molar-refractivity contribution in [2.24, 2.45) is 0 Å². The number of nitriles is 1. The summed E-state index contributed by atoms with van der Waals surface area (Å²) in [6.45, 7) is 0. The van der Waals surface area contributed by atoms with Crippen molar-refractivity contribution in [2.75, 3.05) is 5.32 Å². The quantitative estimate of drug-likeness (QED) is 0.921. The Bertz CT molecular complexity index is 777. The van der Waals surface area contributed by atoms with E-state index in [0.29, 0.717) is 10.6 Å². The fraction of sp³-hybridized carbons (Fsp3) is 0.200. The van der Waals surface area contributed by atoms with Crippen LogP contribution in [0, 0.1) is 23.0 Å². The van der Waals surface area contributed by atoms with Crippen molar-refractivity contribution >= 4 is 22.2 Å². The van der Waals surface area contributed by atoms with Gasteiger partial charge in [0.2, 0.25) is 0 Å². The average Bonchev–Trinajstić information content (AvgIpc) is 3.02. The van der Waals surface area contributed by atoms with Crippen molar-refractivity contribution in [1.29, 1.82) is 5.26 Å². The molecule has 0 fully saturated rings. The molecule has 0 aliphatic heterocycles. The molecule has 1 aliphatic carbocycles. The van der Waals surface area contributed by atoms with Crippen LogP contribution in [0.3, 0.4) is 0 Å². The molecule has 3 nitrogen and oxygen atoms in total. The number of nitrogens with zero attached hydrogens (tertiary/aromatic N) is 1. The van der Waals surface area contributed by atoms with Gasteiger partial charge >= 0.3 is 0 Å². The zero-order valence-corrected chi connectivity index (χ0v) is 11.7. The number of hydrogen-bond acceptors (Lipinski definition) is 3. The molecule has 0 unspecified atom stereocenters. The van der Waals surface area contributed by atoms with Gasteiger partial charge in [-0.15, -0.1) is 11.3 Å². The number of nitrogens with one attached hydrogen (secondary N) is 1. The van der Waals surface area contributed by atoms with Gasteiger partial charge in [0.05, 0.1) is 11.1 Å². The zero-order chi connectivity index (χ0) is 15.0. The number of carbonyl (C=O) groups is 1. The minimum Gasteiger partial charge on any atom is -0.312 e. The monoisotopic (exact) mass is 304 g/mol. The van der Waals surface area contributed by atoms with E-state index in [0.717, 1.165) is 35.8 Å². The summed E-state index contributed by atoms with van der Waals surface area (Å²) in [5.74, 6) is -3.00. The van der Waals surface area contributed by atoms with E-state index in [4.69, 9.17) is 0 Å². The maximum absolute atomic E-state index is 13.6. The molecule has 0 radical (unpaired) electrons. The highest BCUT2D eigenvalue weighted by Gasteiger charge is 2.24. The van der Waals surface area contributed by atoms with Gasteiger partial charge in [-0.3, -0.25) is 4.79 Å². The van der Waals surface area contributed by atoms with Crippen LogP contribution in [0.4, 0.5) is 13.8 Å². The SMILES string of the molecule is N#Cc1c(NC(=O)c2cccc(F)c2F)sc2c1CCC2. The van der Waals surface area contributed by atoms with Gasteiger partial charge in [-0.05, 0) is 37.0 Å². The highest BCUT2D eigenvalue weighted by atomic mass is 32.1. The smallest absolute Gasteiger partial charge is 0.259 e. The lowest BCUT2D eigenvalue weighted by molar-refractivity contribution is 0.102. The number of benzene rings is 1. The maximum Gasteiger partial charge on any atom is 0.259 e. The van der Waals surface area contributed by atoms with Crippen LogP contribution in [-0.4, -0.2) is 5.91 Å². The Kier molecular flexibility index (Phi) is 3.43. The summed E-state index contributed by atoms with van der Waals surface area (Å²) in [6.07, 6.45) is 2.71. The van der Waals surface area contributed by atoms with Crippen LogP contribution >= 0.6 is 11.3 Å². The van der Waals surface area contributed by atoms with Crippen molar-refractivity contribution < 1.29 is 13.6 Å². The molecular weight excluding hydrogens is 294 g/mol. The topological polar surface area (TPSA) is 52.9 Å². The Hall–Kier alpha value is -2.26. The van der Waals surface area contributed by atoms with Crippen LogP contribution in [0.5, 0.6) is 0 Å². The Morgan fingerprint density at radius 2 is 2.14 bits per heavy atom. The van der Waals surface area contributed by atoms with E-state index < -0.39 is 17.5 Å². The third-order valence-corrected chi connectivity index (χ3v) is 4.66. The highest BCUT2D eigenvalue weighted by Crippen LogP contribution is 2.38. The normalized spacial score (nSPS) is 12.8. The van der Waals surface area contributed by atoms with Crippen LogP contribution in [0.15, 0.2) is 18.2 Å². The number of anilines is 1. The van der Waals surface area contributed by atoms with E-state index >= 15 is 0 Å². The van der Waals surface area contributed by atoms with Gasteiger partial charge < -0.3 is 5.32 Å². The number of carbonyl (C=O) groups excluding carboxylic acids is 1. The molecule has 0 atom stereocenters. The number of fused-ring (bicyclic) bond motifs is 1. The van der Waals surface area contributed by atoms with Crippen molar-refractivity contribution in [3.8, 4) is 6.07 Å². The molecule has 1 aliphatic rings. The number of amides is 1. The van der Waals surface area contributed by atoms with E-state index in [-0.39, 0.29) is 5.56 Å². The van der Waals surface area contributed by atoms with Gasteiger partial charge in [-0.25, -0.2) is 8.78 Å². The number of aryl methyl sites for hydroxylation is 1. The van der Waals surface area contributed by atoms with E-state index in [2.05, 4.69) is 11.4 Å². The predicted molar refractivity (Wildman–Crippen MR) is 75.4 cm³/mol. The van der Waals surface area contributed by atoms with Gasteiger partial charge in [0, 0.05) is 4.88 Å². The van der Waals surface area contributed by atoms with Crippen molar-refractivity contribution in [1.82, 2.24) is 0 Å². The number of hydrogen-bond donors (Lipinski definition) is 1. The van der Waals surface area contributed by atoms with Gasteiger partial charge in [-0.2, -0.15) is 5.26 Å². The summed E-state index contributed by atoms with van der Waals surface area (Å²) >= 11 is 1.34. The molecule has 2 aromatic rings. The molecule has 1 heterocycles. The molecule has 3 rings (SSSR count). The van der Waals surface area contributed by atoms with E-state index in [1.165, 1.54) is 23.5 Å². The van der Waals surface area contributed by atoms with Crippen LogP contribution in [0.25, 0.3) is 0 Å². The summed E-state index contributed by atoms with van der Waals surface area (Å²) in [7, 11) is 0. The molecule has 6 heteroatoms. The first-order chi connectivity index (χ1) is 10.1. The van der Waals surface area contributed by atoms with Gasteiger partial charge in [-0.1, -0.05) is 6.07 Å². The molecule has 0 saturated carbocycles. The summed E-state index contributed by atoms with van der Waals surface area (Å²) in [5.41, 5.74) is 1.04. The lowest BCUT2D eigenvalue weighted by Gasteiger charge is -2.05. The fourth-order valence-electron chi connectivity index (χ4n) is 2.46. The van der Waals surface area contributed by atoms with Gasteiger partial charge in [0.1, 0.15) is 11.1 Å². The Morgan fingerprint density at radius 1 is 1.33 bits per heavy atom. The predicted octanol–water partition coefficient (Wildman–Crippen LogP) is 3.64. The highest BCUT2D eigenvalue weighted by molar-refractivity contribution is 7.16. The fourth-order valence-corrected chi connectivity index (χ4v) is 3.69. The summed E-state index contributed by atoms with van der Waals surface area (Å²) in [5, 5.41) is 12.2. The second kappa shape index (κ2) is 5.26. The second-order valence-corrected chi connectivity index (χ2v) is 5.83. The van der Waals surface area contributed by atoms with E-state index in [9.17, 15) is 18.8 Å². The van der Waals surface area contributed by atoms with Gasteiger partial charge in [0.15, 0.2) is 11.6 Å². The Morgan fingerprint density at radius 3 is 2.90 bits per heavy atom. The number of halogens is 2. The third-order valence-electron chi connectivity index (χ3n) is 3.46. The summed E-state index contributed by atoms with van der Waals surface area (Å²) in [4.78, 5) is 13.1.